The van der Waals surface area contributed by atoms with E-state index in [1.165, 1.54) is 35.3 Å². The first-order chi connectivity index (χ1) is 10.2. The first kappa shape index (κ1) is 17.3. The highest BCUT2D eigenvalue weighted by atomic mass is 127. The summed E-state index contributed by atoms with van der Waals surface area (Å²) in [6.07, 6.45) is 3.65. The molecule has 0 spiro atoms. The van der Waals surface area contributed by atoms with Crippen molar-refractivity contribution in [2.75, 3.05) is 11.9 Å². The van der Waals surface area contributed by atoms with Gasteiger partial charge in [-0.25, -0.2) is 0 Å². The fraction of sp³-hybridized carbons (Fsp3) is 0.353. The third-order valence-electron chi connectivity index (χ3n) is 3.94. The summed E-state index contributed by atoms with van der Waals surface area (Å²) in [5.74, 6) is 0.904. The number of benzene rings is 1. The standard InChI is InChI=1S/C17H21N3S.HI/c1-12(16-6-3-9-21-16)11-19-17(18)20-15-8-7-13-4-2-5-14(13)10-15;/h3,6-10,12H,2,4-5,11H2,1H3,(H3,18,19,20);1H. The normalized spacial score (nSPS) is 15.0. The minimum absolute atomic E-state index is 0. The molecule has 5 heteroatoms. The van der Waals surface area contributed by atoms with Gasteiger partial charge in [-0.3, -0.25) is 4.99 Å². The number of hydrogen-bond acceptors (Lipinski definition) is 2. The number of fused-ring (bicyclic) bond motifs is 1. The monoisotopic (exact) mass is 427 g/mol. The lowest BCUT2D eigenvalue weighted by molar-refractivity contribution is 0.790. The average Bonchev–Trinajstić information content (AvgIpc) is 3.15. The number of anilines is 1. The molecule has 1 heterocycles. The molecule has 3 nitrogen and oxygen atoms in total. The fourth-order valence-corrected chi connectivity index (χ4v) is 3.51. The molecule has 0 aliphatic heterocycles. The van der Waals surface area contributed by atoms with E-state index in [1.807, 2.05) is 0 Å². The third kappa shape index (κ3) is 4.23. The van der Waals surface area contributed by atoms with Crippen molar-refractivity contribution in [2.45, 2.75) is 32.1 Å². The minimum Gasteiger partial charge on any atom is -0.370 e. The van der Waals surface area contributed by atoms with Crippen molar-refractivity contribution in [3.8, 4) is 0 Å². The number of rotatable bonds is 4. The van der Waals surface area contributed by atoms with Crippen molar-refractivity contribution in [1.82, 2.24) is 0 Å². The summed E-state index contributed by atoms with van der Waals surface area (Å²) in [6, 6.07) is 10.7. The van der Waals surface area contributed by atoms with Crippen molar-refractivity contribution < 1.29 is 0 Å². The Morgan fingerprint density at radius 1 is 1.32 bits per heavy atom. The lowest BCUT2D eigenvalue weighted by Crippen LogP contribution is -2.23. The molecule has 3 N–H and O–H groups in total. The largest absolute Gasteiger partial charge is 0.370 e. The second kappa shape index (κ2) is 7.97. The molecule has 1 aliphatic rings. The molecule has 0 saturated carbocycles. The Morgan fingerprint density at radius 2 is 2.14 bits per heavy atom. The quantitative estimate of drug-likeness (QED) is 0.432. The first-order valence-electron chi connectivity index (χ1n) is 7.44. The van der Waals surface area contributed by atoms with Gasteiger partial charge in [-0.15, -0.1) is 35.3 Å². The Bertz CT molecular complexity index is 637. The lowest BCUT2D eigenvalue weighted by atomic mass is 10.1. The van der Waals surface area contributed by atoms with Gasteiger partial charge in [-0.05, 0) is 54.0 Å². The lowest BCUT2D eigenvalue weighted by Gasteiger charge is -2.10. The molecule has 1 aliphatic carbocycles. The highest BCUT2D eigenvalue weighted by Gasteiger charge is 2.11. The number of halogens is 1. The molecule has 2 aromatic rings. The van der Waals surface area contributed by atoms with Gasteiger partial charge in [0.05, 0.1) is 6.54 Å². The van der Waals surface area contributed by atoms with E-state index in [4.69, 9.17) is 5.73 Å². The van der Waals surface area contributed by atoms with Crippen LogP contribution < -0.4 is 11.1 Å². The van der Waals surface area contributed by atoms with E-state index in [9.17, 15) is 0 Å². The van der Waals surface area contributed by atoms with Crippen LogP contribution in [0.5, 0.6) is 0 Å². The van der Waals surface area contributed by atoms with Crippen LogP contribution in [-0.4, -0.2) is 12.5 Å². The Balaban J connectivity index is 0.00000176. The number of nitrogens with two attached hydrogens (primary N) is 1. The molecule has 0 fully saturated rings. The van der Waals surface area contributed by atoms with E-state index in [1.54, 1.807) is 11.3 Å². The summed E-state index contributed by atoms with van der Waals surface area (Å²) in [4.78, 5) is 5.81. The zero-order chi connectivity index (χ0) is 14.7. The fourth-order valence-electron chi connectivity index (χ4n) is 2.73. The zero-order valence-electron chi connectivity index (χ0n) is 12.7. The maximum Gasteiger partial charge on any atom is 0.193 e. The molecule has 1 aromatic carbocycles. The van der Waals surface area contributed by atoms with Crippen LogP contribution in [-0.2, 0) is 12.8 Å². The molecule has 3 rings (SSSR count). The average molecular weight is 427 g/mol. The number of nitrogens with one attached hydrogen (secondary N) is 1. The van der Waals surface area contributed by atoms with Crippen LogP contribution in [0, 0.1) is 0 Å². The number of aryl methyl sites for hydroxylation is 2. The highest BCUT2D eigenvalue weighted by Crippen LogP contribution is 2.25. The second-order valence-electron chi connectivity index (χ2n) is 5.60. The van der Waals surface area contributed by atoms with Gasteiger partial charge < -0.3 is 11.1 Å². The van der Waals surface area contributed by atoms with E-state index < -0.39 is 0 Å². The zero-order valence-corrected chi connectivity index (χ0v) is 15.9. The molecule has 118 valence electrons. The van der Waals surface area contributed by atoms with Gasteiger partial charge in [-0.1, -0.05) is 19.1 Å². The molecule has 1 atom stereocenters. The first-order valence-corrected chi connectivity index (χ1v) is 8.32. The Hall–Kier alpha value is -1.08. The van der Waals surface area contributed by atoms with Crippen LogP contribution in [0.3, 0.4) is 0 Å². The van der Waals surface area contributed by atoms with Crippen molar-refractivity contribution in [3.63, 3.8) is 0 Å². The van der Waals surface area contributed by atoms with Crippen LogP contribution >= 0.6 is 35.3 Å². The smallest absolute Gasteiger partial charge is 0.193 e. The van der Waals surface area contributed by atoms with E-state index in [-0.39, 0.29) is 24.0 Å². The topological polar surface area (TPSA) is 50.4 Å². The maximum atomic E-state index is 5.99. The van der Waals surface area contributed by atoms with Gasteiger partial charge >= 0.3 is 0 Å². The predicted octanol–water partition coefficient (Wildman–Crippen LogP) is 4.39. The summed E-state index contributed by atoms with van der Waals surface area (Å²) in [5, 5.41) is 5.30. The molecule has 1 unspecified atom stereocenters. The van der Waals surface area contributed by atoms with Crippen molar-refractivity contribution >= 4 is 47.0 Å². The molecule has 0 saturated heterocycles. The number of guanidine groups is 1. The molecule has 0 radical (unpaired) electrons. The minimum atomic E-state index is 0. The number of nitrogens with zero attached hydrogens (tertiary/aromatic N) is 1. The van der Waals surface area contributed by atoms with Gasteiger partial charge in [0.15, 0.2) is 5.96 Å². The second-order valence-corrected chi connectivity index (χ2v) is 6.58. The van der Waals surface area contributed by atoms with Gasteiger partial charge in [0.1, 0.15) is 0 Å². The Labute approximate surface area is 153 Å². The molecular formula is C17H22IN3S. The van der Waals surface area contributed by atoms with Crippen molar-refractivity contribution in [1.29, 1.82) is 0 Å². The van der Waals surface area contributed by atoms with E-state index in [2.05, 4.69) is 52.9 Å². The van der Waals surface area contributed by atoms with Gasteiger partial charge in [-0.2, -0.15) is 0 Å². The third-order valence-corrected chi connectivity index (χ3v) is 5.04. The summed E-state index contributed by atoms with van der Waals surface area (Å²) in [7, 11) is 0. The molecule has 1 aromatic heterocycles. The number of aliphatic imine (C=N–C) groups is 1. The van der Waals surface area contributed by atoms with Crippen LogP contribution in [0.25, 0.3) is 0 Å². The van der Waals surface area contributed by atoms with E-state index in [0.29, 0.717) is 18.4 Å². The van der Waals surface area contributed by atoms with Gasteiger partial charge in [0.25, 0.3) is 0 Å². The highest BCUT2D eigenvalue weighted by molar-refractivity contribution is 14.0. The van der Waals surface area contributed by atoms with Crippen LogP contribution in [0.15, 0.2) is 40.7 Å². The Kier molecular flexibility index (Phi) is 6.26. The summed E-state index contributed by atoms with van der Waals surface area (Å²) in [6.45, 7) is 2.89. The summed E-state index contributed by atoms with van der Waals surface area (Å²) in [5.41, 5.74) is 9.96. The SMILES string of the molecule is CC(CN=C(N)Nc1ccc2c(c1)CCC2)c1cccs1.I. The van der Waals surface area contributed by atoms with Crippen molar-refractivity contribution in [2.24, 2.45) is 10.7 Å². The van der Waals surface area contributed by atoms with E-state index in [0.717, 1.165) is 5.69 Å². The Morgan fingerprint density at radius 3 is 2.91 bits per heavy atom. The number of thiophene rings is 1. The van der Waals surface area contributed by atoms with Crippen LogP contribution in [0.2, 0.25) is 0 Å². The number of hydrogen-bond donors (Lipinski definition) is 2. The molecule has 22 heavy (non-hydrogen) atoms. The van der Waals surface area contributed by atoms with Gasteiger partial charge in [0.2, 0.25) is 0 Å². The maximum absolute atomic E-state index is 5.99. The molecule has 0 bridgehead atoms. The van der Waals surface area contributed by atoms with Crippen LogP contribution in [0.1, 0.15) is 35.3 Å². The predicted molar refractivity (Wildman–Crippen MR) is 107 cm³/mol. The molecular weight excluding hydrogens is 405 g/mol. The van der Waals surface area contributed by atoms with E-state index >= 15 is 0 Å². The van der Waals surface area contributed by atoms with Crippen molar-refractivity contribution in [3.05, 3.63) is 51.7 Å². The van der Waals surface area contributed by atoms with Crippen LogP contribution in [0.4, 0.5) is 5.69 Å². The summed E-state index contributed by atoms with van der Waals surface area (Å²) < 4.78 is 0. The van der Waals surface area contributed by atoms with Gasteiger partial charge in [0, 0.05) is 16.5 Å². The molecule has 0 amide bonds. The summed E-state index contributed by atoms with van der Waals surface area (Å²) >= 11 is 1.77.